The first kappa shape index (κ1) is 12.8. The van der Waals surface area contributed by atoms with Gasteiger partial charge in [-0.05, 0) is 19.9 Å². The van der Waals surface area contributed by atoms with Crippen molar-refractivity contribution in [3.05, 3.63) is 30.5 Å². The van der Waals surface area contributed by atoms with Gasteiger partial charge < -0.3 is 4.57 Å². The monoisotopic (exact) mass is 269 g/mol. The smallest absolute Gasteiger partial charge is 0.257 e. The van der Waals surface area contributed by atoms with Gasteiger partial charge in [0.05, 0.1) is 18.6 Å². The molecule has 7 nitrogen and oxygen atoms in total. The second-order valence-electron chi connectivity index (χ2n) is 4.31. The van der Waals surface area contributed by atoms with Crippen LogP contribution in [0.5, 0.6) is 0 Å². The number of hydrogen-bond donors (Lipinski definition) is 1. The Labute approximate surface area is 105 Å². The number of nitrogens with two attached hydrogens (primary N) is 1. The Morgan fingerprint density at radius 3 is 2.67 bits per heavy atom. The molecule has 0 aliphatic rings. The molecule has 0 radical (unpaired) electrons. The fraction of sp³-hybridized carbons (Fsp3) is 0.400. The average Bonchev–Trinajstić information content (AvgIpc) is 2.85. The summed E-state index contributed by atoms with van der Waals surface area (Å²) in [4.78, 5) is 3.74. The van der Waals surface area contributed by atoms with E-state index in [2.05, 4.69) is 10.1 Å². The van der Waals surface area contributed by atoms with E-state index in [1.54, 1.807) is 4.57 Å². The first-order valence-electron chi connectivity index (χ1n) is 5.45. The molecule has 2 heterocycles. The minimum absolute atomic E-state index is 0.134. The average molecular weight is 269 g/mol. The minimum Gasteiger partial charge on any atom is -0.330 e. The highest BCUT2D eigenvalue weighted by Gasteiger charge is 2.11. The van der Waals surface area contributed by atoms with E-state index >= 15 is 0 Å². The van der Waals surface area contributed by atoms with Crippen LogP contribution in [0.3, 0.4) is 0 Å². The van der Waals surface area contributed by atoms with Gasteiger partial charge >= 0.3 is 0 Å². The molecule has 0 aliphatic heterocycles. The third-order valence-electron chi connectivity index (χ3n) is 2.44. The molecule has 0 spiro atoms. The summed E-state index contributed by atoms with van der Waals surface area (Å²) in [5, 5.41) is 9.21. The molecule has 0 fully saturated rings. The quantitative estimate of drug-likeness (QED) is 0.866. The van der Waals surface area contributed by atoms with Gasteiger partial charge in [0.25, 0.3) is 10.0 Å². The number of primary sulfonamides is 1. The second-order valence-corrected chi connectivity index (χ2v) is 5.82. The van der Waals surface area contributed by atoms with Crippen molar-refractivity contribution >= 4 is 10.0 Å². The van der Waals surface area contributed by atoms with Crippen LogP contribution < -0.4 is 5.14 Å². The molecule has 8 heteroatoms. The van der Waals surface area contributed by atoms with Crippen LogP contribution in [0.2, 0.25) is 0 Å². The van der Waals surface area contributed by atoms with E-state index in [4.69, 9.17) is 5.14 Å². The lowest BCUT2D eigenvalue weighted by Crippen LogP contribution is -2.12. The molecule has 0 atom stereocenters. The maximum absolute atomic E-state index is 11.1. The van der Waals surface area contributed by atoms with E-state index in [9.17, 15) is 8.42 Å². The summed E-state index contributed by atoms with van der Waals surface area (Å²) in [6.07, 6.45) is 4.70. The molecule has 2 aromatic heterocycles. The van der Waals surface area contributed by atoms with E-state index < -0.39 is 10.0 Å². The van der Waals surface area contributed by atoms with Crippen molar-refractivity contribution in [2.45, 2.75) is 31.5 Å². The van der Waals surface area contributed by atoms with Crippen LogP contribution in [0.25, 0.3) is 0 Å². The molecule has 98 valence electrons. The molecule has 0 aliphatic carbocycles. The molecule has 18 heavy (non-hydrogen) atoms. The molecule has 2 aromatic rings. The Morgan fingerprint density at radius 1 is 1.44 bits per heavy atom. The predicted octanol–water partition coefficient (Wildman–Crippen LogP) is 0.356. The number of sulfonamides is 1. The zero-order valence-electron chi connectivity index (χ0n) is 10.2. The van der Waals surface area contributed by atoms with Gasteiger partial charge in [-0.3, -0.25) is 4.68 Å². The third-order valence-corrected chi connectivity index (χ3v) is 3.23. The van der Waals surface area contributed by atoms with Gasteiger partial charge in [-0.2, -0.15) is 5.10 Å². The lowest BCUT2D eigenvalue weighted by molar-refractivity contribution is 0.523. The molecule has 2 rings (SSSR count). The normalized spacial score (nSPS) is 12.2. The Kier molecular flexibility index (Phi) is 3.22. The SMILES string of the molecule is CC(C)n1ccc(Cn2cnc(S(N)(=O)=O)c2)n1. The van der Waals surface area contributed by atoms with Crippen LogP contribution in [0, 0.1) is 0 Å². The van der Waals surface area contributed by atoms with Crippen LogP contribution in [0.1, 0.15) is 25.6 Å². The predicted molar refractivity (Wildman–Crippen MR) is 65.3 cm³/mol. The molecule has 0 amide bonds. The number of aromatic nitrogens is 4. The van der Waals surface area contributed by atoms with Gasteiger partial charge in [0.15, 0.2) is 5.03 Å². The lowest BCUT2D eigenvalue weighted by atomic mass is 10.4. The Balaban J connectivity index is 2.16. The first-order chi connectivity index (χ1) is 8.36. The van der Waals surface area contributed by atoms with Crippen molar-refractivity contribution in [2.24, 2.45) is 5.14 Å². The van der Waals surface area contributed by atoms with Crippen molar-refractivity contribution in [1.29, 1.82) is 0 Å². The molecular weight excluding hydrogens is 254 g/mol. The van der Waals surface area contributed by atoms with Crippen LogP contribution >= 0.6 is 0 Å². The van der Waals surface area contributed by atoms with Crippen molar-refractivity contribution in [1.82, 2.24) is 19.3 Å². The van der Waals surface area contributed by atoms with Crippen molar-refractivity contribution < 1.29 is 8.42 Å². The van der Waals surface area contributed by atoms with E-state index in [-0.39, 0.29) is 5.03 Å². The Hall–Kier alpha value is -1.67. The Bertz CT molecular complexity index is 641. The van der Waals surface area contributed by atoms with Crippen LogP contribution in [-0.4, -0.2) is 27.7 Å². The molecular formula is C10H15N5O2S. The standard InChI is InChI=1S/C10H15N5O2S/c1-8(2)15-4-3-9(13-15)5-14-6-10(12-7-14)18(11,16)17/h3-4,6-8H,5H2,1-2H3,(H2,11,16,17). The van der Waals surface area contributed by atoms with Gasteiger partial charge in [-0.1, -0.05) is 0 Å². The first-order valence-corrected chi connectivity index (χ1v) is 6.99. The van der Waals surface area contributed by atoms with E-state index in [1.165, 1.54) is 12.5 Å². The zero-order valence-corrected chi connectivity index (χ0v) is 11.0. The fourth-order valence-corrected chi connectivity index (χ4v) is 1.99. The second kappa shape index (κ2) is 4.54. The summed E-state index contributed by atoms with van der Waals surface area (Å²) in [5.41, 5.74) is 0.835. The maximum Gasteiger partial charge on any atom is 0.257 e. The topological polar surface area (TPSA) is 95.8 Å². The zero-order chi connectivity index (χ0) is 13.3. The molecule has 0 aromatic carbocycles. The number of nitrogens with zero attached hydrogens (tertiary/aromatic N) is 4. The van der Waals surface area contributed by atoms with Crippen LogP contribution in [-0.2, 0) is 16.6 Å². The highest BCUT2D eigenvalue weighted by molar-refractivity contribution is 7.89. The van der Waals surface area contributed by atoms with Crippen LogP contribution in [0.15, 0.2) is 29.8 Å². The van der Waals surface area contributed by atoms with Gasteiger partial charge in [0, 0.05) is 18.4 Å². The summed E-state index contributed by atoms with van der Waals surface area (Å²) in [7, 11) is -3.74. The minimum atomic E-state index is -3.74. The molecule has 0 saturated carbocycles. The number of imidazole rings is 1. The van der Waals surface area contributed by atoms with Crippen molar-refractivity contribution in [3.8, 4) is 0 Å². The summed E-state index contributed by atoms with van der Waals surface area (Å²) in [5.74, 6) is 0. The highest BCUT2D eigenvalue weighted by atomic mass is 32.2. The summed E-state index contributed by atoms with van der Waals surface area (Å²) >= 11 is 0. The molecule has 0 unspecified atom stereocenters. The van der Waals surface area contributed by atoms with Gasteiger partial charge in [-0.25, -0.2) is 18.5 Å². The van der Waals surface area contributed by atoms with Gasteiger partial charge in [0.2, 0.25) is 0 Å². The van der Waals surface area contributed by atoms with E-state index in [1.807, 2.05) is 30.8 Å². The molecule has 0 bridgehead atoms. The van der Waals surface area contributed by atoms with Gasteiger partial charge in [-0.15, -0.1) is 0 Å². The van der Waals surface area contributed by atoms with E-state index in [0.29, 0.717) is 12.6 Å². The largest absolute Gasteiger partial charge is 0.330 e. The fourth-order valence-electron chi connectivity index (χ4n) is 1.51. The lowest BCUT2D eigenvalue weighted by Gasteiger charge is -2.03. The third kappa shape index (κ3) is 2.77. The van der Waals surface area contributed by atoms with Crippen LogP contribution in [0.4, 0.5) is 0 Å². The van der Waals surface area contributed by atoms with Crippen molar-refractivity contribution in [3.63, 3.8) is 0 Å². The molecule has 2 N–H and O–H groups in total. The van der Waals surface area contributed by atoms with Crippen molar-refractivity contribution in [2.75, 3.05) is 0 Å². The number of hydrogen-bond acceptors (Lipinski definition) is 4. The van der Waals surface area contributed by atoms with Gasteiger partial charge in [0.1, 0.15) is 0 Å². The van der Waals surface area contributed by atoms with E-state index in [0.717, 1.165) is 5.69 Å². The molecule has 0 saturated heterocycles. The highest BCUT2D eigenvalue weighted by Crippen LogP contribution is 2.08. The summed E-state index contributed by atoms with van der Waals surface area (Å²) < 4.78 is 25.6. The Morgan fingerprint density at radius 2 is 2.17 bits per heavy atom. The number of rotatable bonds is 4. The maximum atomic E-state index is 11.1. The summed E-state index contributed by atoms with van der Waals surface area (Å²) in [6.45, 7) is 4.53. The summed E-state index contributed by atoms with van der Waals surface area (Å²) in [6, 6.07) is 2.18.